The van der Waals surface area contributed by atoms with Crippen LogP contribution in [-0.2, 0) is 13.6 Å². The minimum Gasteiger partial charge on any atom is -0.317 e. The molecule has 1 aliphatic rings. The van der Waals surface area contributed by atoms with Crippen LogP contribution in [0.3, 0.4) is 0 Å². The van der Waals surface area contributed by atoms with Gasteiger partial charge in [0.2, 0.25) is 0 Å². The first kappa shape index (κ1) is 14.5. The lowest BCUT2D eigenvalue weighted by molar-refractivity contribution is 0.170. The zero-order chi connectivity index (χ0) is 13.7. The Bertz CT molecular complexity index is 379. The van der Waals surface area contributed by atoms with Gasteiger partial charge in [-0.1, -0.05) is 6.92 Å². The summed E-state index contributed by atoms with van der Waals surface area (Å²) in [6, 6.07) is 0. The van der Waals surface area contributed by atoms with E-state index in [1.807, 2.05) is 14.0 Å². The van der Waals surface area contributed by atoms with Gasteiger partial charge in [0.1, 0.15) is 11.6 Å². The van der Waals surface area contributed by atoms with E-state index in [2.05, 4.69) is 31.9 Å². The molecule has 0 bridgehead atoms. The number of hydrogen-bond acceptors (Lipinski definition) is 4. The largest absolute Gasteiger partial charge is 0.317 e. The lowest BCUT2D eigenvalue weighted by Gasteiger charge is -2.31. The topological polar surface area (TPSA) is 46.0 Å². The Morgan fingerprint density at radius 2 is 2.00 bits per heavy atom. The molecule has 1 aliphatic heterocycles. The molecule has 1 fully saturated rings. The van der Waals surface area contributed by atoms with Crippen molar-refractivity contribution < 1.29 is 0 Å². The number of nitrogens with one attached hydrogen (secondary N) is 1. The molecular formula is C14H27N5. The molecule has 5 heteroatoms. The van der Waals surface area contributed by atoms with Gasteiger partial charge in [0.15, 0.2) is 0 Å². The predicted octanol–water partition coefficient (Wildman–Crippen LogP) is 1.34. The number of aromatic nitrogens is 3. The van der Waals surface area contributed by atoms with E-state index < -0.39 is 0 Å². The van der Waals surface area contributed by atoms with E-state index in [1.165, 1.54) is 38.9 Å². The highest BCUT2D eigenvalue weighted by atomic mass is 15.3. The molecule has 2 heterocycles. The first-order chi connectivity index (χ1) is 9.20. The summed E-state index contributed by atoms with van der Waals surface area (Å²) in [5.41, 5.74) is 0. The lowest BCUT2D eigenvalue weighted by atomic mass is 9.97. The van der Waals surface area contributed by atoms with Gasteiger partial charge < -0.3 is 9.88 Å². The lowest BCUT2D eigenvalue weighted by Crippen LogP contribution is -2.37. The molecule has 1 saturated heterocycles. The van der Waals surface area contributed by atoms with Crippen molar-refractivity contribution in [1.29, 1.82) is 0 Å². The molecule has 19 heavy (non-hydrogen) atoms. The van der Waals surface area contributed by atoms with Crippen LogP contribution in [0.5, 0.6) is 0 Å². The van der Waals surface area contributed by atoms with Crippen LogP contribution < -0.4 is 5.32 Å². The Hall–Kier alpha value is -0.940. The van der Waals surface area contributed by atoms with Crippen molar-refractivity contribution in [3.05, 3.63) is 11.6 Å². The monoisotopic (exact) mass is 265 g/mol. The van der Waals surface area contributed by atoms with Crippen LogP contribution >= 0.6 is 0 Å². The quantitative estimate of drug-likeness (QED) is 0.788. The molecule has 0 saturated carbocycles. The second-order valence-electron chi connectivity index (χ2n) is 5.65. The van der Waals surface area contributed by atoms with Crippen molar-refractivity contribution in [2.24, 2.45) is 13.0 Å². The van der Waals surface area contributed by atoms with Crippen molar-refractivity contribution >= 4 is 0 Å². The van der Waals surface area contributed by atoms with Gasteiger partial charge in [-0.3, -0.25) is 4.90 Å². The third-order valence-electron chi connectivity index (χ3n) is 4.11. The minimum absolute atomic E-state index is 0.851. The van der Waals surface area contributed by atoms with E-state index in [1.54, 1.807) is 0 Å². The van der Waals surface area contributed by atoms with Gasteiger partial charge >= 0.3 is 0 Å². The minimum atomic E-state index is 0.851. The molecule has 1 N–H and O–H groups in total. The standard InChI is InChI=1S/C14H27N5/c1-4-7-15-10-13-5-8-19(9-6-13)11-14-17-16-12(2)18(14)3/h13,15H,4-11H2,1-3H3. The number of nitrogens with zero attached hydrogens (tertiary/aromatic N) is 4. The van der Waals surface area contributed by atoms with E-state index in [4.69, 9.17) is 0 Å². The Morgan fingerprint density at radius 1 is 1.26 bits per heavy atom. The number of aryl methyl sites for hydroxylation is 1. The Balaban J connectivity index is 1.73. The summed E-state index contributed by atoms with van der Waals surface area (Å²) in [7, 11) is 2.05. The van der Waals surface area contributed by atoms with E-state index in [0.29, 0.717) is 0 Å². The van der Waals surface area contributed by atoms with Crippen LogP contribution in [0.25, 0.3) is 0 Å². The Kier molecular flexibility index (Phi) is 5.34. The van der Waals surface area contributed by atoms with Crippen LogP contribution in [-0.4, -0.2) is 45.8 Å². The maximum absolute atomic E-state index is 4.25. The zero-order valence-corrected chi connectivity index (χ0v) is 12.5. The van der Waals surface area contributed by atoms with Crippen LogP contribution in [0, 0.1) is 12.8 Å². The molecule has 0 spiro atoms. The fourth-order valence-corrected chi connectivity index (χ4v) is 2.62. The molecule has 108 valence electrons. The van der Waals surface area contributed by atoms with Crippen LogP contribution in [0.1, 0.15) is 37.8 Å². The fraction of sp³-hybridized carbons (Fsp3) is 0.857. The molecule has 5 nitrogen and oxygen atoms in total. The molecule has 1 aromatic rings. The molecule has 0 radical (unpaired) electrons. The first-order valence-electron chi connectivity index (χ1n) is 7.48. The van der Waals surface area contributed by atoms with E-state index >= 15 is 0 Å². The molecule has 2 rings (SSSR count). The van der Waals surface area contributed by atoms with Gasteiger partial charge in [0.25, 0.3) is 0 Å². The summed E-state index contributed by atoms with van der Waals surface area (Å²) in [6.45, 7) is 9.87. The summed E-state index contributed by atoms with van der Waals surface area (Å²) >= 11 is 0. The van der Waals surface area contributed by atoms with Crippen LogP contribution in [0.15, 0.2) is 0 Å². The smallest absolute Gasteiger partial charge is 0.146 e. The molecule has 0 atom stereocenters. The van der Waals surface area contributed by atoms with Crippen molar-refractivity contribution in [1.82, 2.24) is 25.0 Å². The number of rotatable bonds is 6. The average molecular weight is 265 g/mol. The average Bonchev–Trinajstić information content (AvgIpc) is 2.73. The summed E-state index contributed by atoms with van der Waals surface area (Å²) in [5.74, 6) is 2.93. The van der Waals surface area contributed by atoms with E-state index in [9.17, 15) is 0 Å². The van der Waals surface area contributed by atoms with Gasteiger partial charge in [0.05, 0.1) is 6.54 Å². The van der Waals surface area contributed by atoms with Crippen LogP contribution in [0.2, 0.25) is 0 Å². The first-order valence-corrected chi connectivity index (χ1v) is 7.48. The normalized spacial score (nSPS) is 18.1. The number of piperidine rings is 1. The molecule has 1 aromatic heterocycles. The molecule has 0 amide bonds. The van der Waals surface area contributed by atoms with E-state index in [0.717, 1.165) is 30.7 Å². The Morgan fingerprint density at radius 3 is 2.58 bits per heavy atom. The summed E-state index contributed by atoms with van der Waals surface area (Å²) < 4.78 is 2.09. The van der Waals surface area contributed by atoms with Crippen molar-refractivity contribution in [3.8, 4) is 0 Å². The molecular weight excluding hydrogens is 238 g/mol. The zero-order valence-electron chi connectivity index (χ0n) is 12.5. The number of hydrogen-bond donors (Lipinski definition) is 1. The van der Waals surface area contributed by atoms with Gasteiger partial charge in [-0.2, -0.15) is 0 Å². The van der Waals surface area contributed by atoms with Gasteiger partial charge in [-0.15, -0.1) is 10.2 Å². The van der Waals surface area contributed by atoms with Crippen molar-refractivity contribution in [2.45, 2.75) is 39.7 Å². The fourth-order valence-electron chi connectivity index (χ4n) is 2.62. The molecule has 0 unspecified atom stereocenters. The Labute approximate surface area is 116 Å². The second-order valence-corrected chi connectivity index (χ2v) is 5.65. The predicted molar refractivity (Wildman–Crippen MR) is 76.9 cm³/mol. The highest BCUT2D eigenvalue weighted by Gasteiger charge is 2.20. The van der Waals surface area contributed by atoms with Gasteiger partial charge in [0, 0.05) is 7.05 Å². The third kappa shape index (κ3) is 4.01. The summed E-state index contributed by atoms with van der Waals surface area (Å²) in [6.07, 6.45) is 3.82. The summed E-state index contributed by atoms with van der Waals surface area (Å²) in [5, 5.41) is 11.9. The highest BCUT2D eigenvalue weighted by molar-refractivity contribution is 4.93. The van der Waals surface area contributed by atoms with E-state index in [-0.39, 0.29) is 0 Å². The number of likely N-dealkylation sites (tertiary alicyclic amines) is 1. The van der Waals surface area contributed by atoms with Crippen molar-refractivity contribution in [3.63, 3.8) is 0 Å². The third-order valence-corrected chi connectivity index (χ3v) is 4.11. The van der Waals surface area contributed by atoms with Gasteiger partial charge in [-0.25, -0.2) is 0 Å². The SMILES string of the molecule is CCCNCC1CCN(Cc2nnc(C)n2C)CC1. The van der Waals surface area contributed by atoms with Gasteiger partial charge in [-0.05, 0) is 58.3 Å². The maximum Gasteiger partial charge on any atom is 0.146 e. The summed E-state index contributed by atoms with van der Waals surface area (Å²) in [4.78, 5) is 2.50. The maximum atomic E-state index is 4.25. The van der Waals surface area contributed by atoms with Crippen LogP contribution in [0.4, 0.5) is 0 Å². The highest BCUT2D eigenvalue weighted by Crippen LogP contribution is 2.18. The molecule has 0 aromatic carbocycles. The molecule has 0 aliphatic carbocycles. The second kappa shape index (κ2) is 7.01. The van der Waals surface area contributed by atoms with Crippen molar-refractivity contribution in [2.75, 3.05) is 26.2 Å².